The van der Waals surface area contributed by atoms with Gasteiger partial charge in [-0.05, 0) is 41.0 Å². The van der Waals surface area contributed by atoms with E-state index in [1.807, 2.05) is 43.3 Å². The van der Waals surface area contributed by atoms with E-state index in [2.05, 4.69) is 22.8 Å². The molecule has 7 heteroatoms. The summed E-state index contributed by atoms with van der Waals surface area (Å²) in [7, 11) is 0. The summed E-state index contributed by atoms with van der Waals surface area (Å²) in [6, 6.07) is 15.1. The van der Waals surface area contributed by atoms with E-state index in [-0.39, 0.29) is 18.4 Å². The van der Waals surface area contributed by atoms with Crippen LogP contribution in [0.3, 0.4) is 0 Å². The first-order valence-electron chi connectivity index (χ1n) is 11.0. The fourth-order valence-electron chi connectivity index (χ4n) is 4.33. The molecule has 0 heterocycles. The first-order chi connectivity index (χ1) is 15.4. The molecule has 0 aromatic heterocycles. The zero-order valence-electron chi connectivity index (χ0n) is 18.3. The zero-order valence-corrected chi connectivity index (χ0v) is 18.3. The van der Waals surface area contributed by atoms with Gasteiger partial charge in [-0.25, -0.2) is 9.59 Å². The second kappa shape index (κ2) is 8.65. The van der Waals surface area contributed by atoms with Crippen LogP contribution in [0.15, 0.2) is 48.5 Å². The van der Waals surface area contributed by atoms with Crippen molar-refractivity contribution in [3.63, 3.8) is 0 Å². The molecule has 0 radical (unpaired) electrons. The largest absolute Gasteiger partial charge is 0.480 e. The van der Waals surface area contributed by atoms with Crippen molar-refractivity contribution in [3.8, 4) is 11.1 Å². The molecular formula is C25H28N2O5. The molecule has 0 bridgehead atoms. The minimum atomic E-state index is -1.09. The number of alkyl carbamates (subject to hydrolysis) is 1. The fourth-order valence-corrected chi connectivity index (χ4v) is 4.33. The van der Waals surface area contributed by atoms with Crippen molar-refractivity contribution in [1.82, 2.24) is 10.6 Å². The molecule has 0 aliphatic heterocycles. The highest BCUT2D eigenvalue weighted by Gasteiger charge is 2.52. The molecule has 1 saturated carbocycles. The Balaban J connectivity index is 1.39. The Hall–Kier alpha value is -3.35. The fraction of sp³-hybridized carbons (Fsp3) is 0.400. The van der Waals surface area contributed by atoms with Gasteiger partial charge in [-0.2, -0.15) is 0 Å². The van der Waals surface area contributed by atoms with Crippen LogP contribution in [0.2, 0.25) is 0 Å². The quantitative estimate of drug-likeness (QED) is 0.586. The van der Waals surface area contributed by atoms with Crippen molar-refractivity contribution in [3.05, 3.63) is 59.7 Å². The van der Waals surface area contributed by atoms with Gasteiger partial charge in [0, 0.05) is 5.92 Å². The minimum Gasteiger partial charge on any atom is -0.480 e. The van der Waals surface area contributed by atoms with Crippen LogP contribution in [0.4, 0.5) is 4.79 Å². The lowest BCUT2D eigenvalue weighted by molar-refractivity contribution is -0.143. The van der Waals surface area contributed by atoms with Crippen molar-refractivity contribution in [1.29, 1.82) is 0 Å². The first kappa shape index (κ1) is 21.9. The van der Waals surface area contributed by atoms with Gasteiger partial charge in [0.1, 0.15) is 18.2 Å². The molecule has 2 aliphatic rings. The molecule has 1 fully saturated rings. The van der Waals surface area contributed by atoms with Crippen LogP contribution in [-0.2, 0) is 14.3 Å². The average Bonchev–Trinajstić information content (AvgIpc) is 3.50. The maximum atomic E-state index is 12.7. The lowest BCUT2D eigenvalue weighted by Crippen LogP contribution is -2.55. The van der Waals surface area contributed by atoms with E-state index in [0.29, 0.717) is 19.3 Å². The van der Waals surface area contributed by atoms with Gasteiger partial charge in [0.05, 0.1) is 0 Å². The summed E-state index contributed by atoms with van der Waals surface area (Å²) in [5.74, 6) is -1.84. The van der Waals surface area contributed by atoms with E-state index in [0.717, 1.165) is 22.3 Å². The Morgan fingerprint density at radius 3 is 2.12 bits per heavy atom. The monoisotopic (exact) mass is 436 g/mol. The van der Waals surface area contributed by atoms with Crippen LogP contribution >= 0.6 is 0 Å². The molecule has 2 unspecified atom stereocenters. The van der Waals surface area contributed by atoms with E-state index in [1.165, 1.54) is 0 Å². The van der Waals surface area contributed by atoms with Gasteiger partial charge in [0.25, 0.3) is 0 Å². The Morgan fingerprint density at radius 2 is 1.62 bits per heavy atom. The summed E-state index contributed by atoms with van der Waals surface area (Å²) in [4.78, 5) is 36.8. The third kappa shape index (κ3) is 4.07. The van der Waals surface area contributed by atoms with Crippen molar-refractivity contribution in [2.75, 3.05) is 6.61 Å². The molecule has 2 aromatic rings. The zero-order chi connectivity index (χ0) is 22.9. The molecule has 2 atom stereocenters. The van der Waals surface area contributed by atoms with Crippen LogP contribution < -0.4 is 10.6 Å². The molecular weight excluding hydrogens is 408 g/mol. The first-order valence-corrected chi connectivity index (χ1v) is 11.0. The third-order valence-corrected chi connectivity index (χ3v) is 6.64. The predicted octanol–water partition coefficient (Wildman–Crippen LogP) is 3.67. The second-order valence-corrected chi connectivity index (χ2v) is 8.71. The van der Waals surface area contributed by atoms with E-state index in [9.17, 15) is 19.5 Å². The highest BCUT2D eigenvalue weighted by molar-refractivity contribution is 5.95. The lowest BCUT2D eigenvalue weighted by Gasteiger charge is -2.24. The van der Waals surface area contributed by atoms with Crippen molar-refractivity contribution >= 4 is 18.0 Å². The van der Waals surface area contributed by atoms with Crippen LogP contribution in [0.25, 0.3) is 11.1 Å². The summed E-state index contributed by atoms with van der Waals surface area (Å²) in [6.07, 6.45) is 0.852. The number of rotatable bonds is 8. The number of carbonyl (C=O) groups is 3. The van der Waals surface area contributed by atoms with Gasteiger partial charge in [-0.3, -0.25) is 4.79 Å². The van der Waals surface area contributed by atoms with Crippen LogP contribution in [0.1, 0.15) is 50.2 Å². The average molecular weight is 437 g/mol. The summed E-state index contributed by atoms with van der Waals surface area (Å²) >= 11 is 0. The maximum Gasteiger partial charge on any atom is 0.408 e. The molecule has 0 spiro atoms. The standard InChI is InChI=1S/C25H28N2O5/c1-3-15(2)21(22(28)29)26-23(30)25(12-13-25)27-24(31)32-14-20-18-10-6-4-8-16(18)17-9-5-7-11-19(17)20/h4-11,15,20-21H,3,12-14H2,1-2H3,(H,26,30)(H,27,31)(H,28,29). The highest BCUT2D eigenvalue weighted by atomic mass is 16.5. The molecule has 2 amide bonds. The number of ether oxygens (including phenoxy) is 1. The Morgan fingerprint density at radius 1 is 1.06 bits per heavy atom. The number of nitrogens with one attached hydrogen (secondary N) is 2. The molecule has 3 N–H and O–H groups in total. The smallest absolute Gasteiger partial charge is 0.408 e. The van der Waals surface area contributed by atoms with Crippen molar-refractivity contribution in [2.45, 2.75) is 50.6 Å². The second-order valence-electron chi connectivity index (χ2n) is 8.71. The lowest BCUT2D eigenvalue weighted by atomic mass is 9.98. The Labute approximate surface area is 187 Å². The van der Waals surface area contributed by atoms with Gasteiger partial charge in [0.15, 0.2) is 0 Å². The molecule has 168 valence electrons. The number of aliphatic carboxylic acids is 1. The SMILES string of the molecule is CCC(C)C(NC(=O)C1(NC(=O)OCC2c3ccccc3-c3ccccc32)CC1)C(=O)O. The maximum absolute atomic E-state index is 12.7. The number of hydrogen-bond acceptors (Lipinski definition) is 4. The highest BCUT2D eigenvalue weighted by Crippen LogP contribution is 2.44. The number of benzene rings is 2. The van der Waals surface area contributed by atoms with Crippen LogP contribution in [-0.4, -0.2) is 41.3 Å². The molecule has 32 heavy (non-hydrogen) atoms. The molecule has 0 saturated heterocycles. The van der Waals surface area contributed by atoms with Gasteiger partial charge in [-0.1, -0.05) is 68.8 Å². The number of amides is 2. The Kier molecular flexibility index (Phi) is 5.91. The van der Waals surface area contributed by atoms with E-state index >= 15 is 0 Å². The van der Waals surface area contributed by atoms with Crippen molar-refractivity contribution in [2.24, 2.45) is 5.92 Å². The number of carboxylic acid groups (broad SMARTS) is 1. The molecule has 4 rings (SSSR count). The third-order valence-electron chi connectivity index (χ3n) is 6.64. The van der Waals surface area contributed by atoms with Crippen LogP contribution in [0, 0.1) is 5.92 Å². The number of carboxylic acids is 1. The van der Waals surface area contributed by atoms with Gasteiger partial charge in [0.2, 0.25) is 5.91 Å². The number of fused-ring (bicyclic) bond motifs is 3. The summed E-state index contributed by atoms with van der Waals surface area (Å²) in [5.41, 5.74) is 3.40. The van der Waals surface area contributed by atoms with Gasteiger partial charge >= 0.3 is 12.1 Å². The molecule has 2 aliphatic carbocycles. The normalized spacial score (nSPS) is 17.4. The molecule has 7 nitrogen and oxygen atoms in total. The Bertz CT molecular complexity index is 1000. The van der Waals surface area contributed by atoms with Crippen LogP contribution in [0.5, 0.6) is 0 Å². The predicted molar refractivity (Wildman–Crippen MR) is 119 cm³/mol. The number of hydrogen-bond donors (Lipinski definition) is 3. The number of carbonyl (C=O) groups excluding carboxylic acids is 2. The minimum absolute atomic E-state index is 0.0704. The van der Waals surface area contributed by atoms with Gasteiger partial charge in [-0.15, -0.1) is 0 Å². The van der Waals surface area contributed by atoms with E-state index in [1.54, 1.807) is 6.92 Å². The van der Waals surface area contributed by atoms with Crippen molar-refractivity contribution < 1.29 is 24.2 Å². The molecule has 2 aromatic carbocycles. The summed E-state index contributed by atoms with van der Waals surface area (Å²) in [6.45, 7) is 3.80. The van der Waals surface area contributed by atoms with E-state index in [4.69, 9.17) is 4.74 Å². The van der Waals surface area contributed by atoms with Gasteiger partial charge < -0.3 is 20.5 Å². The summed E-state index contributed by atoms with van der Waals surface area (Å²) < 4.78 is 5.54. The van der Waals surface area contributed by atoms with E-state index < -0.39 is 29.6 Å². The topological polar surface area (TPSA) is 105 Å². The summed E-state index contributed by atoms with van der Waals surface area (Å²) in [5, 5.41) is 14.7.